The molecule has 0 radical (unpaired) electrons. The van der Waals surface area contributed by atoms with Gasteiger partial charge in [-0.15, -0.1) is 16.0 Å². The first-order valence-electron chi connectivity index (χ1n) is 5.12. The Morgan fingerprint density at radius 3 is 2.29 bits per heavy atom. The highest BCUT2D eigenvalue weighted by molar-refractivity contribution is 7.90. The molecule has 0 fully saturated rings. The lowest BCUT2D eigenvalue weighted by Gasteiger charge is -2.05. The van der Waals surface area contributed by atoms with Gasteiger partial charge in [-0.2, -0.15) is 8.42 Å². The molecule has 0 aliphatic heterocycles. The van der Waals surface area contributed by atoms with Gasteiger partial charge >= 0.3 is 0 Å². The molecule has 1 rings (SSSR count). The summed E-state index contributed by atoms with van der Waals surface area (Å²) < 4.78 is 26.9. The standard InChI is InChI=1S/C11H15ClN2O2S/c1-8(2)9-3-5-10(6-4-9)17(15,16)14-11(13)7-12/h3-6,8H,7H2,1-2H3,(H2,13,14). The molecule has 0 saturated carbocycles. The van der Waals surface area contributed by atoms with Gasteiger partial charge in [-0.25, -0.2) is 0 Å². The largest absolute Gasteiger partial charge is 0.385 e. The molecule has 0 saturated heterocycles. The van der Waals surface area contributed by atoms with Crippen LogP contribution in [-0.4, -0.2) is 20.1 Å². The third-order valence-corrected chi connectivity index (χ3v) is 3.84. The second-order valence-corrected chi connectivity index (χ2v) is 5.79. The molecule has 0 heterocycles. The Hall–Kier alpha value is -1.07. The van der Waals surface area contributed by atoms with Gasteiger partial charge in [0.2, 0.25) is 0 Å². The van der Waals surface area contributed by atoms with Gasteiger partial charge in [0.15, 0.2) is 0 Å². The normalized spacial score (nSPS) is 13.1. The molecule has 0 aliphatic rings. The van der Waals surface area contributed by atoms with E-state index in [1.54, 1.807) is 12.1 Å². The summed E-state index contributed by atoms with van der Waals surface area (Å²) in [6.07, 6.45) is 0. The van der Waals surface area contributed by atoms with Crippen LogP contribution in [0.25, 0.3) is 0 Å². The summed E-state index contributed by atoms with van der Waals surface area (Å²) in [6.45, 7) is 4.07. The SMILES string of the molecule is CC(C)c1ccc(S(=O)(=O)N=C(N)CCl)cc1. The van der Waals surface area contributed by atoms with Crippen molar-refractivity contribution in [3.8, 4) is 0 Å². The van der Waals surface area contributed by atoms with Gasteiger partial charge < -0.3 is 5.73 Å². The van der Waals surface area contributed by atoms with E-state index in [-0.39, 0.29) is 16.6 Å². The van der Waals surface area contributed by atoms with Crippen LogP contribution >= 0.6 is 11.6 Å². The van der Waals surface area contributed by atoms with Gasteiger partial charge in [-0.05, 0) is 23.6 Å². The average Bonchev–Trinajstić information content (AvgIpc) is 2.28. The maximum absolute atomic E-state index is 11.8. The van der Waals surface area contributed by atoms with Crippen molar-refractivity contribution in [1.82, 2.24) is 0 Å². The molecule has 0 unspecified atom stereocenters. The van der Waals surface area contributed by atoms with E-state index < -0.39 is 10.0 Å². The molecular weight excluding hydrogens is 260 g/mol. The molecule has 4 nitrogen and oxygen atoms in total. The van der Waals surface area contributed by atoms with E-state index in [2.05, 4.69) is 4.40 Å². The Morgan fingerprint density at radius 2 is 1.88 bits per heavy atom. The molecule has 17 heavy (non-hydrogen) atoms. The van der Waals surface area contributed by atoms with Gasteiger partial charge in [-0.3, -0.25) is 0 Å². The summed E-state index contributed by atoms with van der Waals surface area (Å²) in [5.74, 6) is 0.131. The molecule has 1 aromatic rings. The molecule has 0 spiro atoms. The smallest absolute Gasteiger partial charge is 0.283 e. The molecule has 1 aromatic carbocycles. The van der Waals surface area contributed by atoms with E-state index in [1.807, 2.05) is 13.8 Å². The van der Waals surface area contributed by atoms with Gasteiger partial charge in [0, 0.05) is 0 Å². The second kappa shape index (κ2) is 5.51. The molecule has 0 amide bonds. The van der Waals surface area contributed by atoms with Crippen LogP contribution in [0.2, 0.25) is 0 Å². The number of amidine groups is 1. The maximum atomic E-state index is 11.8. The quantitative estimate of drug-likeness (QED) is 0.519. The van der Waals surface area contributed by atoms with Crippen LogP contribution in [0.15, 0.2) is 33.6 Å². The van der Waals surface area contributed by atoms with E-state index in [0.29, 0.717) is 5.92 Å². The van der Waals surface area contributed by atoms with Gasteiger partial charge in [0.05, 0.1) is 10.8 Å². The fourth-order valence-corrected chi connectivity index (χ4v) is 2.35. The molecule has 0 bridgehead atoms. The van der Waals surface area contributed by atoms with Crippen LogP contribution in [0.4, 0.5) is 0 Å². The minimum absolute atomic E-state index is 0.108. The third-order valence-electron chi connectivity index (χ3n) is 2.22. The van der Waals surface area contributed by atoms with Crippen molar-refractivity contribution < 1.29 is 8.42 Å². The Bertz CT molecular complexity index is 507. The lowest BCUT2D eigenvalue weighted by Crippen LogP contribution is -2.16. The minimum Gasteiger partial charge on any atom is -0.385 e. The minimum atomic E-state index is -3.74. The number of sulfonamides is 1. The van der Waals surface area contributed by atoms with Gasteiger partial charge in [-0.1, -0.05) is 26.0 Å². The highest BCUT2D eigenvalue weighted by Gasteiger charge is 2.13. The fraction of sp³-hybridized carbons (Fsp3) is 0.364. The van der Waals surface area contributed by atoms with Crippen LogP contribution < -0.4 is 5.73 Å². The summed E-state index contributed by atoms with van der Waals surface area (Å²) in [4.78, 5) is 0.120. The number of rotatable bonds is 4. The van der Waals surface area contributed by atoms with Crippen molar-refractivity contribution in [2.24, 2.45) is 10.1 Å². The van der Waals surface area contributed by atoms with Crippen LogP contribution in [0, 0.1) is 0 Å². The summed E-state index contributed by atoms with van der Waals surface area (Å²) >= 11 is 5.39. The average molecular weight is 275 g/mol. The van der Waals surface area contributed by atoms with Crippen molar-refractivity contribution in [2.45, 2.75) is 24.7 Å². The number of hydrogen-bond donors (Lipinski definition) is 1. The zero-order chi connectivity index (χ0) is 13.1. The molecule has 2 N–H and O–H groups in total. The molecule has 0 aliphatic carbocycles. The van der Waals surface area contributed by atoms with Gasteiger partial charge in [0.1, 0.15) is 5.84 Å². The van der Waals surface area contributed by atoms with Crippen LogP contribution in [0.1, 0.15) is 25.3 Å². The Morgan fingerprint density at radius 1 is 1.35 bits per heavy atom. The summed E-state index contributed by atoms with van der Waals surface area (Å²) in [6, 6.07) is 6.58. The second-order valence-electron chi connectivity index (χ2n) is 3.92. The lowest BCUT2D eigenvalue weighted by molar-refractivity contribution is 0.598. The number of nitrogens with two attached hydrogens (primary N) is 1. The Kier molecular flexibility index (Phi) is 4.54. The summed E-state index contributed by atoms with van der Waals surface area (Å²) in [5, 5.41) is 0. The molecule has 94 valence electrons. The van der Waals surface area contributed by atoms with E-state index >= 15 is 0 Å². The molecule has 0 aromatic heterocycles. The monoisotopic (exact) mass is 274 g/mol. The first-order valence-corrected chi connectivity index (χ1v) is 7.09. The fourth-order valence-electron chi connectivity index (χ4n) is 1.26. The molecular formula is C11H15ClN2O2S. The number of hydrogen-bond acceptors (Lipinski definition) is 2. The first-order chi connectivity index (χ1) is 7.86. The third kappa shape index (κ3) is 3.71. The zero-order valence-electron chi connectivity index (χ0n) is 9.72. The summed E-state index contributed by atoms with van der Waals surface area (Å²) in [5.41, 5.74) is 6.38. The molecule has 6 heteroatoms. The number of halogens is 1. The van der Waals surface area contributed by atoms with Crippen molar-refractivity contribution in [1.29, 1.82) is 0 Å². The molecule has 0 atom stereocenters. The topological polar surface area (TPSA) is 72.5 Å². The predicted molar refractivity (Wildman–Crippen MR) is 70.1 cm³/mol. The Labute approximate surface area is 107 Å². The van der Waals surface area contributed by atoms with E-state index in [4.69, 9.17) is 17.3 Å². The van der Waals surface area contributed by atoms with Crippen LogP contribution in [0.5, 0.6) is 0 Å². The number of alkyl halides is 1. The highest BCUT2D eigenvalue weighted by Crippen LogP contribution is 2.18. The van der Waals surface area contributed by atoms with Crippen LogP contribution in [-0.2, 0) is 10.0 Å². The maximum Gasteiger partial charge on any atom is 0.283 e. The lowest BCUT2D eigenvalue weighted by atomic mass is 10.0. The number of nitrogens with zero attached hydrogens (tertiary/aromatic N) is 1. The Balaban J connectivity index is 3.09. The van der Waals surface area contributed by atoms with E-state index in [0.717, 1.165) is 5.56 Å². The van der Waals surface area contributed by atoms with Crippen LogP contribution in [0.3, 0.4) is 0 Å². The summed E-state index contributed by atoms with van der Waals surface area (Å²) in [7, 11) is -3.74. The van der Waals surface area contributed by atoms with Crippen molar-refractivity contribution >= 4 is 27.5 Å². The van der Waals surface area contributed by atoms with Crippen molar-refractivity contribution in [3.05, 3.63) is 29.8 Å². The van der Waals surface area contributed by atoms with Crippen molar-refractivity contribution in [3.63, 3.8) is 0 Å². The highest BCUT2D eigenvalue weighted by atomic mass is 35.5. The van der Waals surface area contributed by atoms with Crippen molar-refractivity contribution in [2.75, 3.05) is 5.88 Å². The first kappa shape index (κ1) is 14.0. The van der Waals surface area contributed by atoms with Gasteiger partial charge in [0.25, 0.3) is 10.0 Å². The van der Waals surface area contributed by atoms with E-state index in [9.17, 15) is 8.42 Å². The zero-order valence-corrected chi connectivity index (χ0v) is 11.3. The number of benzene rings is 1. The van der Waals surface area contributed by atoms with E-state index in [1.165, 1.54) is 12.1 Å². The predicted octanol–water partition coefficient (Wildman–Crippen LogP) is 2.09.